The fourth-order valence-corrected chi connectivity index (χ4v) is 4.65. The van der Waals surface area contributed by atoms with Crippen LogP contribution in [0.5, 0.6) is 0 Å². The molecule has 0 aromatic carbocycles. The summed E-state index contributed by atoms with van der Waals surface area (Å²) in [6, 6.07) is 2.93. The number of halogens is 1. The number of carboxylic acid groups (broad SMARTS) is 1. The lowest BCUT2D eigenvalue weighted by molar-refractivity contribution is -0.141. The lowest BCUT2D eigenvalue weighted by Gasteiger charge is -2.20. The third-order valence-corrected chi connectivity index (χ3v) is 6.12. The molecular weight excluding hydrogens is 344 g/mol. The molecule has 0 saturated carbocycles. The molecule has 0 unspecified atom stereocenters. The zero-order valence-corrected chi connectivity index (χ0v) is 14.1. The Bertz CT molecular complexity index is 740. The molecule has 5 nitrogen and oxygen atoms in total. The molecule has 1 fully saturated rings. The molecule has 2 aromatic heterocycles. The molecule has 1 N–H and O–H groups in total. The number of likely N-dealkylation sites (tertiary alicyclic amines) is 1. The van der Waals surface area contributed by atoms with Gasteiger partial charge in [-0.25, -0.2) is 9.78 Å². The Kier molecular flexibility index (Phi) is 4.20. The van der Waals surface area contributed by atoms with Gasteiger partial charge >= 0.3 is 5.97 Å². The van der Waals surface area contributed by atoms with Crippen LogP contribution in [0.15, 0.2) is 12.1 Å². The molecule has 0 spiro atoms. The number of rotatable bonds is 3. The first kappa shape index (κ1) is 15.5. The predicted molar refractivity (Wildman–Crippen MR) is 86.9 cm³/mol. The maximum absolute atomic E-state index is 12.6. The highest BCUT2D eigenvalue weighted by atomic mass is 35.5. The maximum atomic E-state index is 12.6. The van der Waals surface area contributed by atoms with Crippen molar-refractivity contribution < 1.29 is 14.7 Å². The topological polar surface area (TPSA) is 70.5 Å². The van der Waals surface area contributed by atoms with Gasteiger partial charge in [0.15, 0.2) is 0 Å². The number of amides is 1. The Balaban J connectivity index is 1.90. The van der Waals surface area contributed by atoms with Gasteiger partial charge in [-0.1, -0.05) is 11.6 Å². The van der Waals surface area contributed by atoms with Crippen LogP contribution in [0.3, 0.4) is 0 Å². The number of hydrogen-bond donors (Lipinski definition) is 1. The molecule has 0 aliphatic carbocycles. The van der Waals surface area contributed by atoms with Crippen molar-refractivity contribution in [2.45, 2.75) is 25.8 Å². The number of carbonyl (C=O) groups is 2. The quantitative estimate of drug-likeness (QED) is 0.913. The van der Waals surface area contributed by atoms with Crippen LogP contribution in [0.1, 0.15) is 28.2 Å². The zero-order valence-electron chi connectivity index (χ0n) is 11.7. The molecule has 116 valence electrons. The van der Waals surface area contributed by atoms with Crippen LogP contribution in [0.25, 0.3) is 9.88 Å². The lowest BCUT2D eigenvalue weighted by Crippen LogP contribution is -2.40. The highest BCUT2D eigenvalue weighted by molar-refractivity contribution is 7.24. The minimum absolute atomic E-state index is 0.242. The highest BCUT2D eigenvalue weighted by Gasteiger charge is 2.35. The van der Waals surface area contributed by atoms with Gasteiger partial charge in [-0.3, -0.25) is 4.79 Å². The van der Waals surface area contributed by atoms with Gasteiger partial charge in [0, 0.05) is 6.54 Å². The van der Waals surface area contributed by atoms with Gasteiger partial charge in [0.25, 0.3) is 5.91 Å². The molecule has 8 heteroatoms. The number of aromatic nitrogens is 1. The van der Waals surface area contributed by atoms with Gasteiger partial charge in [0.05, 0.1) is 14.9 Å². The smallest absolute Gasteiger partial charge is 0.326 e. The molecular formula is C14H13ClN2O3S2. The van der Waals surface area contributed by atoms with Crippen LogP contribution in [0, 0.1) is 6.92 Å². The predicted octanol–water partition coefficient (Wildman–Crippen LogP) is 3.52. The van der Waals surface area contributed by atoms with Gasteiger partial charge in [0.2, 0.25) is 0 Å². The van der Waals surface area contributed by atoms with Gasteiger partial charge in [-0.05, 0) is 31.9 Å². The summed E-state index contributed by atoms with van der Waals surface area (Å²) >= 11 is 8.63. The SMILES string of the molecule is Cc1nc(-c2ccc(Cl)s2)sc1C(=O)N1CCC[C@@H]1C(=O)O. The first-order valence-corrected chi connectivity index (χ1v) is 8.75. The summed E-state index contributed by atoms with van der Waals surface area (Å²) in [5.74, 6) is -1.19. The Morgan fingerprint density at radius 3 is 2.82 bits per heavy atom. The first-order chi connectivity index (χ1) is 10.5. The normalized spacial score (nSPS) is 17.9. The molecule has 3 heterocycles. The van der Waals surface area contributed by atoms with Crippen molar-refractivity contribution in [3.63, 3.8) is 0 Å². The fourth-order valence-electron chi connectivity index (χ4n) is 2.53. The number of thiazole rings is 1. The highest BCUT2D eigenvalue weighted by Crippen LogP contribution is 2.36. The largest absolute Gasteiger partial charge is 0.480 e. The van der Waals surface area contributed by atoms with Crippen LogP contribution in [0.2, 0.25) is 4.34 Å². The van der Waals surface area contributed by atoms with Crippen LogP contribution >= 0.6 is 34.3 Å². The van der Waals surface area contributed by atoms with Gasteiger partial charge < -0.3 is 10.0 Å². The summed E-state index contributed by atoms with van der Waals surface area (Å²) in [6.45, 7) is 2.25. The number of carboxylic acids is 1. The Labute approximate surface area is 140 Å². The number of carbonyl (C=O) groups excluding carboxylic acids is 1. The summed E-state index contributed by atoms with van der Waals surface area (Å²) in [6.07, 6.45) is 1.22. The fraction of sp³-hybridized carbons (Fsp3) is 0.357. The van der Waals surface area contributed by atoms with Gasteiger partial charge in [-0.2, -0.15) is 0 Å². The van der Waals surface area contributed by atoms with Crippen molar-refractivity contribution in [1.29, 1.82) is 0 Å². The van der Waals surface area contributed by atoms with E-state index in [1.807, 2.05) is 6.07 Å². The molecule has 1 saturated heterocycles. The molecule has 0 bridgehead atoms. The molecule has 1 aliphatic rings. The number of hydrogen-bond acceptors (Lipinski definition) is 5. The van der Waals surface area contributed by atoms with Gasteiger partial charge in [0.1, 0.15) is 15.9 Å². The van der Waals surface area contributed by atoms with E-state index >= 15 is 0 Å². The van der Waals surface area contributed by atoms with Crippen molar-refractivity contribution in [3.8, 4) is 9.88 Å². The van der Waals surface area contributed by atoms with Gasteiger partial charge in [-0.15, -0.1) is 22.7 Å². The van der Waals surface area contributed by atoms with E-state index in [0.717, 1.165) is 9.88 Å². The minimum Gasteiger partial charge on any atom is -0.480 e. The molecule has 1 atom stereocenters. The number of aryl methyl sites for hydroxylation is 1. The molecule has 1 aliphatic heterocycles. The summed E-state index contributed by atoms with van der Waals surface area (Å²) in [7, 11) is 0. The van der Waals surface area contributed by atoms with Crippen molar-refractivity contribution in [3.05, 3.63) is 27.0 Å². The number of nitrogens with zero attached hydrogens (tertiary/aromatic N) is 2. The zero-order chi connectivity index (χ0) is 15.9. The van der Waals surface area contributed by atoms with E-state index in [1.165, 1.54) is 27.6 Å². The average Bonchev–Trinajstić information content (AvgIpc) is 3.16. The summed E-state index contributed by atoms with van der Waals surface area (Å²) in [5, 5.41) is 9.96. The molecule has 3 rings (SSSR count). The van der Waals surface area contributed by atoms with Crippen molar-refractivity contribution in [1.82, 2.24) is 9.88 Å². The molecule has 2 aromatic rings. The van der Waals surface area contributed by atoms with Crippen molar-refractivity contribution in [2.24, 2.45) is 0 Å². The lowest BCUT2D eigenvalue weighted by atomic mass is 10.2. The summed E-state index contributed by atoms with van der Waals surface area (Å²) < 4.78 is 0.668. The second-order valence-electron chi connectivity index (χ2n) is 5.03. The second kappa shape index (κ2) is 5.98. The van der Waals surface area contributed by atoms with Crippen LogP contribution < -0.4 is 0 Å². The van der Waals surface area contributed by atoms with E-state index in [9.17, 15) is 14.7 Å². The molecule has 0 radical (unpaired) electrons. The number of thiophene rings is 1. The summed E-state index contributed by atoms with van der Waals surface area (Å²) in [5.41, 5.74) is 0.630. The first-order valence-electron chi connectivity index (χ1n) is 6.74. The van der Waals surface area contributed by atoms with Crippen LogP contribution in [0.4, 0.5) is 0 Å². The van der Waals surface area contributed by atoms with Crippen molar-refractivity contribution in [2.75, 3.05) is 6.54 Å². The Hall–Kier alpha value is -1.44. The average molecular weight is 357 g/mol. The van der Waals surface area contributed by atoms with E-state index in [2.05, 4.69) is 4.98 Å². The second-order valence-corrected chi connectivity index (χ2v) is 7.75. The maximum Gasteiger partial charge on any atom is 0.326 e. The minimum atomic E-state index is -0.946. The Morgan fingerprint density at radius 1 is 1.41 bits per heavy atom. The van der Waals surface area contributed by atoms with Crippen molar-refractivity contribution >= 4 is 46.2 Å². The van der Waals surface area contributed by atoms with E-state index in [-0.39, 0.29) is 5.91 Å². The van der Waals surface area contributed by atoms with E-state index in [4.69, 9.17) is 11.6 Å². The number of aliphatic carboxylic acids is 1. The van der Waals surface area contributed by atoms with Crippen LogP contribution in [-0.4, -0.2) is 39.5 Å². The summed E-state index contributed by atoms with van der Waals surface area (Å²) in [4.78, 5) is 31.2. The monoisotopic (exact) mass is 356 g/mol. The molecule has 1 amide bonds. The van der Waals surface area contributed by atoms with E-state index in [0.29, 0.717) is 34.3 Å². The standard InChI is InChI=1S/C14H13ClN2O3S2/c1-7-11(13(18)17-6-2-3-8(17)14(19)20)22-12(16-7)9-4-5-10(15)21-9/h4-5,8H,2-3,6H2,1H3,(H,19,20)/t8-/m1/s1. The van der Waals surface area contributed by atoms with Crippen LogP contribution in [-0.2, 0) is 4.79 Å². The third-order valence-electron chi connectivity index (χ3n) is 3.57. The van der Waals surface area contributed by atoms with E-state index < -0.39 is 12.0 Å². The Morgan fingerprint density at radius 2 is 2.18 bits per heavy atom. The third kappa shape index (κ3) is 2.76. The van der Waals surface area contributed by atoms with E-state index in [1.54, 1.807) is 13.0 Å². The molecule has 22 heavy (non-hydrogen) atoms.